The Morgan fingerprint density at radius 2 is 1.92 bits per heavy atom. The molecule has 1 atom stereocenters. The van der Waals surface area contributed by atoms with Gasteiger partial charge in [-0.3, -0.25) is 4.79 Å². The molecular weight excluding hydrogens is 324 g/mol. The third kappa shape index (κ3) is 5.55. The zero-order valence-electron chi connectivity index (χ0n) is 14.3. The van der Waals surface area contributed by atoms with Crippen LogP contribution < -0.4 is 10.1 Å². The number of hydrogen-bond donors (Lipinski definition) is 1. The average Bonchev–Trinajstić information content (AvgIpc) is 2.55. The zero-order chi connectivity index (χ0) is 17.5. The van der Waals surface area contributed by atoms with Crippen LogP contribution in [0.25, 0.3) is 0 Å². The van der Waals surface area contributed by atoms with Crippen LogP contribution in [0.4, 0.5) is 0 Å². The Morgan fingerprint density at radius 1 is 1.21 bits per heavy atom. The maximum absolute atomic E-state index is 12.3. The van der Waals surface area contributed by atoms with Crippen LogP contribution in [0.5, 0.6) is 5.75 Å². The highest BCUT2D eigenvalue weighted by Gasteiger charge is 2.16. The summed E-state index contributed by atoms with van der Waals surface area (Å²) in [6.07, 6.45) is 0. The molecule has 5 heteroatoms. The number of hydrogen-bond acceptors (Lipinski definition) is 3. The van der Waals surface area contributed by atoms with Crippen molar-refractivity contribution in [1.82, 2.24) is 10.2 Å². The van der Waals surface area contributed by atoms with Gasteiger partial charge in [0.25, 0.3) is 5.91 Å². The van der Waals surface area contributed by atoms with Crippen molar-refractivity contribution in [2.75, 3.05) is 27.2 Å². The third-order valence-electron chi connectivity index (χ3n) is 3.53. The minimum Gasteiger partial charge on any atom is -0.482 e. The van der Waals surface area contributed by atoms with E-state index in [9.17, 15) is 4.79 Å². The number of aryl methyl sites for hydroxylation is 1. The third-order valence-corrected chi connectivity index (χ3v) is 3.84. The van der Waals surface area contributed by atoms with Crippen LogP contribution in [0.3, 0.4) is 0 Å². The summed E-state index contributed by atoms with van der Waals surface area (Å²) in [5.41, 5.74) is 2.10. The van der Waals surface area contributed by atoms with E-state index in [1.807, 2.05) is 68.4 Å². The molecule has 0 saturated carbocycles. The molecule has 0 bridgehead atoms. The van der Waals surface area contributed by atoms with Gasteiger partial charge in [-0.25, -0.2) is 0 Å². The fourth-order valence-corrected chi connectivity index (χ4v) is 2.56. The predicted molar refractivity (Wildman–Crippen MR) is 97.6 cm³/mol. The van der Waals surface area contributed by atoms with E-state index in [1.54, 1.807) is 6.07 Å². The molecule has 0 aromatic heterocycles. The second-order valence-corrected chi connectivity index (χ2v) is 6.42. The molecule has 1 N–H and O–H groups in total. The smallest absolute Gasteiger partial charge is 0.258 e. The normalized spacial score (nSPS) is 12.0. The number of amides is 1. The number of benzene rings is 2. The number of ether oxygens (including phenoxy) is 1. The molecule has 0 aliphatic heterocycles. The van der Waals surface area contributed by atoms with Gasteiger partial charge < -0.3 is 15.0 Å². The first-order valence-electron chi connectivity index (χ1n) is 7.83. The largest absolute Gasteiger partial charge is 0.482 e. The first-order valence-corrected chi connectivity index (χ1v) is 8.21. The van der Waals surface area contributed by atoms with Gasteiger partial charge in [0.15, 0.2) is 6.61 Å². The predicted octanol–water partition coefficient (Wildman–Crippen LogP) is 3.45. The van der Waals surface area contributed by atoms with Crippen molar-refractivity contribution >= 4 is 17.5 Å². The van der Waals surface area contributed by atoms with Crippen LogP contribution in [-0.4, -0.2) is 38.1 Å². The summed E-state index contributed by atoms with van der Waals surface area (Å²) < 4.78 is 5.56. The van der Waals surface area contributed by atoms with Crippen molar-refractivity contribution in [3.63, 3.8) is 0 Å². The molecule has 0 spiro atoms. The van der Waals surface area contributed by atoms with Crippen molar-refractivity contribution in [3.8, 4) is 5.75 Å². The number of nitrogens with zero attached hydrogens (tertiary/aromatic N) is 1. The van der Waals surface area contributed by atoms with Gasteiger partial charge in [0.05, 0.1) is 11.1 Å². The minimum absolute atomic E-state index is 0.0695. The van der Waals surface area contributed by atoms with Crippen LogP contribution >= 0.6 is 11.6 Å². The molecule has 4 nitrogen and oxygen atoms in total. The van der Waals surface area contributed by atoms with Gasteiger partial charge in [-0.2, -0.15) is 0 Å². The van der Waals surface area contributed by atoms with Crippen molar-refractivity contribution in [1.29, 1.82) is 0 Å². The van der Waals surface area contributed by atoms with Gasteiger partial charge in [0.2, 0.25) is 0 Å². The molecular formula is C19H23ClN2O2. The van der Waals surface area contributed by atoms with Crippen molar-refractivity contribution in [3.05, 3.63) is 64.7 Å². The summed E-state index contributed by atoms with van der Waals surface area (Å²) in [5, 5.41) is 3.52. The lowest BCUT2D eigenvalue weighted by atomic mass is 10.1. The van der Waals surface area contributed by atoms with Crippen molar-refractivity contribution in [2.45, 2.75) is 13.0 Å². The second kappa shape index (κ2) is 8.71. The number of halogens is 1. The van der Waals surface area contributed by atoms with E-state index in [2.05, 4.69) is 5.32 Å². The quantitative estimate of drug-likeness (QED) is 0.835. The van der Waals surface area contributed by atoms with E-state index in [4.69, 9.17) is 16.3 Å². The topological polar surface area (TPSA) is 41.6 Å². The molecule has 0 saturated heterocycles. The van der Waals surface area contributed by atoms with E-state index in [-0.39, 0.29) is 18.6 Å². The number of likely N-dealkylation sites (N-methyl/N-ethyl adjacent to an activating group) is 1. The molecule has 2 aromatic rings. The number of rotatable bonds is 7. The molecule has 0 radical (unpaired) electrons. The van der Waals surface area contributed by atoms with E-state index >= 15 is 0 Å². The zero-order valence-corrected chi connectivity index (χ0v) is 15.0. The van der Waals surface area contributed by atoms with Gasteiger partial charge in [0, 0.05) is 6.54 Å². The fourth-order valence-electron chi connectivity index (χ4n) is 2.39. The molecule has 0 aliphatic rings. The van der Waals surface area contributed by atoms with Crippen LogP contribution in [0.1, 0.15) is 17.2 Å². The number of carbonyl (C=O) groups is 1. The summed E-state index contributed by atoms with van der Waals surface area (Å²) in [4.78, 5) is 14.3. The SMILES string of the molecule is Cc1ccc(Cl)c(OCC(=O)N[C@@H](CN(C)C)c2ccccc2)c1. The molecule has 24 heavy (non-hydrogen) atoms. The monoisotopic (exact) mass is 346 g/mol. The maximum Gasteiger partial charge on any atom is 0.258 e. The first kappa shape index (κ1) is 18.3. The van der Waals surface area contributed by atoms with Crippen molar-refractivity contribution in [2.24, 2.45) is 0 Å². The Morgan fingerprint density at radius 3 is 2.58 bits per heavy atom. The minimum atomic E-state index is -0.178. The van der Waals surface area contributed by atoms with Crippen LogP contribution in [-0.2, 0) is 4.79 Å². The van der Waals surface area contributed by atoms with Gasteiger partial charge >= 0.3 is 0 Å². The summed E-state index contributed by atoms with van der Waals surface area (Å²) in [6.45, 7) is 2.59. The van der Waals surface area contributed by atoms with Crippen LogP contribution in [0.15, 0.2) is 48.5 Å². The molecule has 1 amide bonds. The molecule has 2 rings (SSSR count). The summed E-state index contributed by atoms with van der Waals surface area (Å²) >= 11 is 6.09. The number of nitrogens with one attached hydrogen (secondary N) is 1. The molecule has 0 unspecified atom stereocenters. The fraction of sp³-hybridized carbons (Fsp3) is 0.316. The lowest BCUT2D eigenvalue weighted by molar-refractivity contribution is -0.123. The van der Waals surface area contributed by atoms with Gasteiger partial charge in [-0.15, -0.1) is 0 Å². The van der Waals surface area contributed by atoms with Crippen LogP contribution in [0.2, 0.25) is 5.02 Å². The Balaban J connectivity index is 1.99. The van der Waals surface area contributed by atoms with E-state index in [0.717, 1.165) is 11.1 Å². The highest BCUT2D eigenvalue weighted by atomic mass is 35.5. The molecule has 0 aliphatic carbocycles. The van der Waals surface area contributed by atoms with Gasteiger partial charge in [0.1, 0.15) is 5.75 Å². The molecule has 2 aromatic carbocycles. The van der Waals surface area contributed by atoms with Gasteiger partial charge in [-0.05, 0) is 44.3 Å². The maximum atomic E-state index is 12.3. The standard InChI is InChI=1S/C19H23ClN2O2/c1-14-9-10-16(20)18(11-14)24-13-19(23)21-17(12-22(2)3)15-7-5-4-6-8-15/h4-11,17H,12-13H2,1-3H3,(H,21,23)/t17-/m0/s1. The Bertz CT molecular complexity index is 674. The number of carbonyl (C=O) groups excluding carboxylic acids is 1. The highest BCUT2D eigenvalue weighted by molar-refractivity contribution is 6.32. The highest BCUT2D eigenvalue weighted by Crippen LogP contribution is 2.25. The van der Waals surface area contributed by atoms with E-state index in [0.29, 0.717) is 17.3 Å². The summed E-state index contributed by atoms with van der Waals surface area (Å²) in [5.74, 6) is 0.346. The first-order chi connectivity index (χ1) is 11.5. The molecule has 0 heterocycles. The van der Waals surface area contributed by atoms with Crippen molar-refractivity contribution < 1.29 is 9.53 Å². The Hall–Kier alpha value is -2.04. The lowest BCUT2D eigenvalue weighted by Gasteiger charge is -2.23. The van der Waals surface area contributed by atoms with E-state index in [1.165, 1.54) is 0 Å². The van der Waals surface area contributed by atoms with Gasteiger partial charge in [-0.1, -0.05) is 48.0 Å². The molecule has 0 fully saturated rings. The Kier molecular flexibility index (Phi) is 6.64. The van der Waals surface area contributed by atoms with Crippen LogP contribution in [0, 0.1) is 6.92 Å². The van der Waals surface area contributed by atoms with E-state index < -0.39 is 0 Å². The summed E-state index contributed by atoms with van der Waals surface area (Å²) in [7, 11) is 3.95. The Labute approximate surface area is 148 Å². The lowest BCUT2D eigenvalue weighted by Crippen LogP contribution is -2.37. The molecule has 128 valence electrons. The second-order valence-electron chi connectivity index (χ2n) is 6.02. The average molecular weight is 347 g/mol. The summed E-state index contributed by atoms with van der Waals surface area (Å²) in [6, 6.07) is 15.3.